The van der Waals surface area contributed by atoms with Gasteiger partial charge in [-0.1, -0.05) is 30.3 Å². The van der Waals surface area contributed by atoms with Crippen LogP contribution in [0.4, 0.5) is 0 Å². The number of benzene rings is 2. The van der Waals surface area contributed by atoms with E-state index in [9.17, 15) is 14.4 Å². The Bertz CT molecular complexity index is 1100. The second-order valence-electron chi connectivity index (χ2n) is 7.44. The highest BCUT2D eigenvalue weighted by Gasteiger charge is 2.22. The zero-order chi connectivity index (χ0) is 23.1. The summed E-state index contributed by atoms with van der Waals surface area (Å²) in [7, 11) is 1.61. The van der Waals surface area contributed by atoms with Gasteiger partial charge in [-0.05, 0) is 44.0 Å². The normalized spacial score (nSPS) is 10.7. The summed E-state index contributed by atoms with van der Waals surface area (Å²) in [6, 6.07) is 14.9. The molecule has 1 heterocycles. The van der Waals surface area contributed by atoms with E-state index in [0.29, 0.717) is 37.0 Å². The molecule has 1 aromatic heterocycles. The van der Waals surface area contributed by atoms with Crippen molar-refractivity contribution in [1.82, 2.24) is 14.8 Å². The summed E-state index contributed by atoms with van der Waals surface area (Å²) in [5.74, 6) is -0.524. The number of carbonyl (C=O) groups is 3. The van der Waals surface area contributed by atoms with E-state index in [1.807, 2.05) is 56.3 Å². The summed E-state index contributed by atoms with van der Waals surface area (Å²) in [5, 5.41) is 3.37. The molecule has 2 aromatic carbocycles. The van der Waals surface area contributed by atoms with Crippen molar-refractivity contribution in [2.24, 2.45) is 0 Å². The number of ketones is 1. The van der Waals surface area contributed by atoms with Gasteiger partial charge >= 0.3 is 0 Å². The topological polar surface area (TPSA) is 80.6 Å². The minimum absolute atomic E-state index is 0.0290. The van der Waals surface area contributed by atoms with Crippen molar-refractivity contribution in [3.8, 4) is 5.75 Å². The van der Waals surface area contributed by atoms with Crippen LogP contribution in [-0.4, -0.2) is 53.8 Å². The maximum absolute atomic E-state index is 12.9. The van der Waals surface area contributed by atoms with Gasteiger partial charge in [0.1, 0.15) is 12.3 Å². The minimum atomic E-state index is -0.656. The van der Waals surface area contributed by atoms with E-state index in [1.165, 1.54) is 0 Å². The standard InChI is InChI=1S/C25H29N3O4/c1-4-27(5-2)23(29)17-28-16-21(20-8-6-7-9-22(20)28)24(30)25(31)26-15-14-18-10-12-19(32-3)13-11-18/h6-13,16H,4-5,14-15,17H2,1-3H3,(H,26,31). The third-order valence-electron chi connectivity index (χ3n) is 5.52. The van der Waals surface area contributed by atoms with Crippen LogP contribution in [0, 0.1) is 0 Å². The van der Waals surface area contributed by atoms with Crippen LogP contribution < -0.4 is 10.1 Å². The Labute approximate surface area is 188 Å². The molecule has 7 nitrogen and oxygen atoms in total. The number of ether oxygens (including phenoxy) is 1. The summed E-state index contributed by atoms with van der Waals surface area (Å²) in [4.78, 5) is 39.8. The fourth-order valence-electron chi connectivity index (χ4n) is 3.70. The maximum Gasteiger partial charge on any atom is 0.292 e. The number of methoxy groups -OCH3 is 1. The number of hydrogen-bond acceptors (Lipinski definition) is 4. The Hall–Kier alpha value is -3.61. The average molecular weight is 436 g/mol. The number of amides is 2. The molecule has 0 unspecified atom stereocenters. The lowest BCUT2D eigenvalue weighted by atomic mass is 10.1. The SMILES string of the molecule is CCN(CC)C(=O)Cn1cc(C(=O)C(=O)NCCc2ccc(OC)cc2)c2ccccc21. The van der Waals surface area contributed by atoms with Gasteiger partial charge in [-0.2, -0.15) is 0 Å². The smallest absolute Gasteiger partial charge is 0.292 e. The first-order chi connectivity index (χ1) is 15.5. The van der Waals surface area contributed by atoms with Crippen LogP contribution in [0.1, 0.15) is 29.8 Å². The molecule has 0 saturated carbocycles. The molecule has 0 spiro atoms. The fraction of sp³-hybridized carbons (Fsp3) is 0.320. The molecule has 0 aliphatic heterocycles. The second-order valence-corrected chi connectivity index (χ2v) is 7.44. The van der Waals surface area contributed by atoms with E-state index in [1.54, 1.807) is 28.8 Å². The van der Waals surface area contributed by atoms with Crippen molar-refractivity contribution in [2.45, 2.75) is 26.8 Å². The number of aromatic nitrogens is 1. The van der Waals surface area contributed by atoms with Gasteiger partial charge in [0.15, 0.2) is 0 Å². The van der Waals surface area contributed by atoms with Crippen molar-refractivity contribution in [2.75, 3.05) is 26.7 Å². The first-order valence-corrected chi connectivity index (χ1v) is 10.8. The number of likely N-dealkylation sites (N-methyl/N-ethyl adjacent to an activating group) is 1. The summed E-state index contributed by atoms with van der Waals surface area (Å²) in [6.45, 7) is 5.57. The van der Waals surface area contributed by atoms with E-state index in [2.05, 4.69) is 5.32 Å². The number of nitrogens with one attached hydrogen (secondary N) is 1. The van der Waals surface area contributed by atoms with Gasteiger partial charge < -0.3 is 19.5 Å². The number of nitrogens with zero attached hydrogens (tertiary/aromatic N) is 2. The van der Waals surface area contributed by atoms with Crippen molar-refractivity contribution >= 4 is 28.5 Å². The molecule has 0 saturated heterocycles. The molecular weight excluding hydrogens is 406 g/mol. The summed E-state index contributed by atoms with van der Waals surface area (Å²) in [5.41, 5.74) is 2.09. The summed E-state index contributed by atoms with van der Waals surface area (Å²) < 4.78 is 6.88. The highest BCUT2D eigenvalue weighted by atomic mass is 16.5. The first-order valence-electron chi connectivity index (χ1n) is 10.8. The Morgan fingerprint density at radius 3 is 2.34 bits per heavy atom. The van der Waals surface area contributed by atoms with Gasteiger partial charge in [-0.3, -0.25) is 14.4 Å². The lowest BCUT2D eigenvalue weighted by molar-refractivity contribution is -0.131. The van der Waals surface area contributed by atoms with Crippen LogP contribution in [0.5, 0.6) is 5.75 Å². The molecule has 32 heavy (non-hydrogen) atoms. The van der Waals surface area contributed by atoms with Crippen LogP contribution in [0.3, 0.4) is 0 Å². The van der Waals surface area contributed by atoms with Gasteiger partial charge in [0.25, 0.3) is 11.7 Å². The largest absolute Gasteiger partial charge is 0.497 e. The highest BCUT2D eigenvalue weighted by Crippen LogP contribution is 2.22. The third kappa shape index (κ3) is 5.17. The van der Waals surface area contributed by atoms with E-state index >= 15 is 0 Å². The molecule has 7 heteroatoms. The molecule has 0 atom stereocenters. The van der Waals surface area contributed by atoms with Crippen LogP contribution in [-0.2, 0) is 22.6 Å². The third-order valence-corrected chi connectivity index (χ3v) is 5.52. The summed E-state index contributed by atoms with van der Waals surface area (Å²) in [6.07, 6.45) is 2.21. The molecule has 3 rings (SSSR count). The molecule has 0 aliphatic rings. The van der Waals surface area contributed by atoms with Gasteiger partial charge in [-0.25, -0.2) is 0 Å². The molecule has 168 valence electrons. The Morgan fingerprint density at radius 1 is 1.00 bits per heavy atom. The maximum atomic E-state index is 12.9. The molecule has 0 bridgehead atoms. The van der Waals surface area contributed by atoms with Gasteiger partial charge in [-0.15, -0.1) is 0 Å². The zero-order valence-electron chi connectivity index (χ0n) is 18.8. The van der Waals surface area contributed by atoms with Gasteiger partial charge in [0.05, 0.1) is 12.7 Å². The van der Waals surface area contributed by atoms with Crippen LogP contribution in [0.2, 0.25) is 0 Å². The van der Waals surface area contributed by atoms with Crippen molar-refractivity contribution in [1.29, 1.82) is 0 Å². The van der Waals surface area contributed by atoms with Gasteiger partial charge in [0, 0.05) is 36.7 Å². The van der Waals surface area contributed by atoms with Crippen LogP contribution in [0.15, 0.2) is 54.7 Å². The quantitative estimate of drug-likeness (QED) is 0.392. The van der Waals surface area contributed by atoms with E-state index in [-0.39, 0.29) is 12.5 Å². The number of carbonyl (C=O) groups excluding carboxylic acids is 3. The Morgan fingerprint density at radius 2 is 1.69 bits per heavy atom. The number of Topliss-reactive ketones (excluding diaryl/α,β-unsaturated/α-hetero) is 1. The lowest BCUT2D eigenvalue weighted by Gasteiger charge is -2.19. The molecule has 0 aliphatic carbocycles. The van der Waals surface area contributed by atoms with E-state index in [0.717, 1.165) is 16.8 Å². The molecule has 2 amide bonds. The highest BCUT2D eigenvalue weighted by molar-refractivity contribution is 6.45. The molecule has 3 aromatic rings. The first kappa shape index (κ1) is 23.1. The predicted octanol–water partition coefficient (Wildman–Crippen LogP) is 3.06. The minimum Gasteiger partial charge on any atom is -0.497 e. The van der Waals surface area contributed by atoms with Crippen LogP contribution in [0.25, 0.3) is 10.9 Å². The molecule has 0 radical (unpaired) electrons. The monoisotopic (exact) mass is 435 g/mol. The Balaban J connectivity index is 1.71. The van der Waals surface area contributed by atoms with Crippen molar-refractivity contribution in [3.63, 3.8) is 0 Å². The van der Waals surface area contributed by atoms with Crippen molar-refractivity contribution < 1.29 is 19.1 Å². The second kappa shape index (κ2) is 10.6. The van der Waals surface area contributed by atoms with E-state index < -0.39 is 11.7 Å². The number of para-hydroxylation sites is 1. The molecule has 0 fully saturated rings. The number of hydrogen-bond donors (Lipinski definition) is 1. The average Bonchev–Trinajstić information content (AvgIpc) is 3.18. The van der Waals surface area contributed by atoms with Gasteiger partial charge in [0.2, 0.25) is 5.91 Å². The zero-order valence-corrected chi connectivity index (χ0v) is 18.8. The lowest BCUT2D eigenvalue weighted by Crippen LogP contribution is -2.33. The fourth-order valence-corrected chi connectivity index (χ4v) is 3.70. The Kier molecular flexibility index (Phi) is 7.65. The number of fused-ring (bicyclic) bond motifs is 1. The van der Waals surface area contributed by atoms with Crippen molar-refractivity contribution in [3.05, 3.63) is 65.9 Å². The van der Waals surface area contributed by atoms with Crippen LogP contribution >= 0.6 is 0 Å². The van der Waals surface area contributed by atoms with E-state index in [4.69, 9.17) is 4.74 Å². The summed E-state index contributed by atoms with van der Waals surface area (Å²) >= 11 is 0. The predicted molar refractivity (Wildman–Crippen MR) is 124 cm³/mol. The number of rotatable bonds is 10. The molecule has 1 N–H and O–H groups in total. The molecular formula is C25H29N3O4.